The van der Waals surface area contributed by atoms with Gasteiger partial charge in [-0.15, -0.1) is 0 Å². The van der Waals surface area contributed by atoms with E-state index >= 15 is 0 Å². The maximum absolute atomic E-state index is 11.1. The van der Waals surface area contributed by atoms with Crippen LogP contribution in [-0.4, -0.2) is 27.4 Å². The summed E-state index contributed by atoms with van der Waals surface area (Å²) in [7, 11) is 0. The standard InChI is InChI=1S/C20H15N3O3/c24-20(25)12-5-7-14(8-6-12)23-19-15(9-10-21-19)18(22-23)17-11-13-3-1-2-4-16(13)26-17/h1-8,11,21H,9-10H2,(H,24,25). The van der Waals surface area contributed by atoms with Crippen molar-refractivity contribution >= 4 is 22.8 Å². The summed E-state index contributed by atoms with van der Waals surface area (Å²) < 4.78 is 7.81. The molecule has 2 aromatic carbocycles. The van der Waals surface area contributed by atoms with Gasteiger partial charge in [-0.3, -0.25) is 0 Å². The molecule has 0 aliphatic carbocycles. The second kappa shape index (κ2) is 5.49. The number of carboxylic acid groups (broad SMARTS) is 1. The third-order valence-corrected chi connectivity index (χ3v) is 4.67. The Morgan fingerprint density at radius 2 is 1.96 bits per heavy atom. The van der Waals surface area contributed by atoms with E-state index in [0.29, 0.717) is 0 Å². The number of hydrogen-bond donors (Lipinski definition) is 2. The molecule has 0 spiro atoms. The van der Waals surface area contributed by atoms with Crippen molar-refractivity contribution in [3.05, 3.63) is 65.7 Å². The Kier molecular flexibility index (Phi) is 3.12. The number of nitrogens with one attached hydrogen (secondary N) is 1. The largest absolute Gasteiger partial charge is 0.478 e. The minimum atomic E-state index is -0.941. The second-order valence-corrected chi connectivity index (χ2v) is 6.26. The molecular weight excluding hydrogens is 330 g/mol. The van der Waals surface area contributed by atoms with Crippen molar-refractivity contribution in [2.24, 2.45) is 0 Å². The first-order valence-electron chi connectivity index (χ1n) is 8.39. The summed E-state index contributed by atoms with van der Waals surface area (Å²) in [5.74, 6) is 0.735. The van der Waals surface area contributed by atoms with Gasteiger partial charge in [0.2, 0.25) is 0 Å². The van der Waals surface area contributed by atoms with E-state index in [9.17, 15) is 4.79 Å². The number of benzene rings is 2. The van der Waals surface area contributed by atoms with Gasteiger partial charge in [-0.05, 0) is 42.8 Å². The number of para-hydroxylation sites is 1. The lowest BCUT2D eigenvalue weighted by atomic mass is 10.1. The van der Waals surface area contributed by atoms with E-state index in [-0.39, 0.29) is 5.56 Å². The van der Waals surface area contributed by atoms with Crippen LogP contribution < -0.4 is 5.32 Å². The van der Waals surface area contributed by atoms with Crippen LogP contribution in [0.25, 0.3) is 28.1 Å². The number of aromatic nitrogens is 2. The van der Waals surface area contributed by atoms with Crippen LogP contribution in [0.15, 0.2) is 59.0 Å². The third-order valence-electron chi connectivity index (χ3n) is 4.67. The molecule has 0 fully saturated rings. The molecule has 2 aromatic heterocycles. The minimum absolute atomic E-state index is 0.253. The highest BCUT2D eigenvalue weighted by Gasteiger charge is 2.25. The van der Waals surface area contributed by atoms with Crippen LogP contribution in [0.1, 0.15) is 15.9 Å². The van der Waals surface area contributed by atoms with Gasteiger partial charge in [0, 0.05) is 17.5 Å². The molecule has 0 bridgehead atoms. The third kappa shape index (κ3) is 2.19. The summed E-state index contributed by atoms with van der Waals surface area (Å²) in [6, 6.07) is 16.6. The molecule has 0 saturated heterocycles. The van der Waals surface area contributed by atoms with Crippen molar-refractivity contribution < 1.29 is 14.3 Å². The smallest absolute Gasteiger partial charge is 0.335 e. The molecule has 0 amide bonds. The van der Waals surface area contributed by atoms with Crippen LogP contribution in [0.5, 0.6) is 0 Å². The zero-order chi connectivity index (χ0) is 17.7. The highest BCUT2D eigenvalue weighted by atomic mass is 16.4. The molecule has 5 rings (SSSR count). The lowest BCUT2D eigenvalue weighted by molar-refractivity contribution is 0.0697. The number of nitrogens with zero attached hydrogens (tertiary/aromatic N) is 2. The number of hydrogen-bond acceptors (Lipinski definition) is 4. The Morgan fingerprint density at radius 3 is 2.73 bits per heavy atom. The quantitative estimate of drug-likeness (QED) is 0.588. The van der Waals surface area contributed by atoms with E-state index < -0.39 is 5.97 Å². The number of anilines is 1. The summed E-state index contributed by atoms with van der Waals surface area (Å²) in [6.45, 7) is 0.841. The molecule has 0 saturated carbocycles. The molecule has 26 heavy (non-hydrogen) atoms. The SMILES string of the molecule is O=C(O)c1ccc(-n2nc(-c3cc4ccccc4o3)c3c2NCC3)cc1. The van der Waals surface area contributed by atoms with E-state index in [1.54, 1.807) is 24.3 Å². The molecule has 6 heteroatoms. The van der Waals surface area contributed by atoms with Gasteiger partial charge in [0.05, 0.1) is 11.3 Å². The van der Waals surface area contributed by atoms with Gasteiger partial charge in [0.15, 0.2) is 5.76 Å². The molecule has 128 valence electrons. The zero-order valence-corrected chi connectivity index (χ0v) is 13.8. The molecule has 3 heterocycles. The van der Waals surface area contributed by atoms with Crippen molar-refractivity contribution in [3.63, 3.8) is 0 Å². The topological polar surface area (TPSA) is 80.3 Å². The zero-order valence-electron chi connectivity index (χ0n) is 13.8. The average molecular weight is 345 g/mol. The van der Waals surface area contributed by atoms with Crippen molar-refractivity contribution in [2.75, 3.05) is 11.9 Å². The lowest BCUT2D eigenvalue weighted by Gasteiger charge is -2.06. The fourth-order valence-electron chi connectivity index (χ4n) is 3.40. The van der Waals surface area contributed by atoms with Gasteiger partial charge in [-0.2, -0.15) is 5.10 Å². The van der Waals surface area contributed by atoms with Crippen LogP contribution >= 0.6 is 0 Å². The van der Waals surface area contributed by atoms with E-state index in [1.807, 2.05) is 35.0 Å². The van der Waals surface area contributed by atoms with Crippen molar-refractivity contribution in [2.45, 2.75) is 6.42 Å². The maximum atomic E-state index is 11.1. The van der Waals surface area contributed by atoms with Crippen molar-refractivity contribution in [1.82, 2.24) is 9.78 Å². The second-order valence-electron chi connectivity index (χ2n) is 6.26. The highest BCUT2D eigenvalue weighted by Crippen LogP contribution is 2.36. The van der Waals surface area contributed by atoms with Gasteiger partial charge in [-0.25, -0.2) is 9.48 Å². The molecule has 1 aliphatic heterocycles. The summed E-state index contributed by atoms with van der Waals surface area (Å²) in [4.78, 5) is 11.1. The van der Waals surface area contributed by atoms with E-state index in [2.05, 4.69) is 5.32 Å². The summed E-state index contributed by atoms with van der Waals surface area (Å²) >= 11 is 0. The van der Waals surface area contributed by atoms with Crippen molar-refractivity contribution in [3.8, 4) is 17.1 Å². The number of carbonyl (C=O) groups is 1. The number of aromatic carboxylic acids is 1. The minimum Gasteiger partial charge on any atom is -0.478 e. The van der Waals surface area contributed by atoms with Gasteiger partial charge < -0.3 is 14.8 Å². The average Bonchev–Trinajstić information content (AvgIpc) is 3.36. The summed E-state index contributed by atoms with van der Waals surface area (Å²) in [5, 5.41) is 18.2. The van der Waals surface area contributed by atoms with E-state index in [1.165, 1.54) is 0 Å². The lowest BCUT2D eigenvalue weighted by Crippen LogP contribution is -2.05. The van der Waals surface area contributed by atoms with Crippen LogP contribution in [0.2, 0.25) is 0 Å². The number of furan rings is 1. The monoisotopic (exact) mass is 345 g/mol. The normalized spacial score (nSPS) is 12.9. The molecule has 6 nitrogen and oxygen atoms in total. The van der Waals surface area contributed by atoms with E-state index in [0.717, 1.165) is 52.5 Å². The fraction of sp³-hybridized carbons (Fsp3) is 0.100. The first kappa shape index (κ1) is 14.8. The number of fused-ring (bicyclic) bond motifs is 2. The molecule has 1 aliphatic rings. The van der Waals surface area contributed by atoms with Crippen LogP contribution in [0.4, 0.5) is 5.82 Å². The van der Waals surface area contributed by atoms with Crippen molar-refractivity contribution in [1.29, 1.82) is 0 Å². The van der Waals surface area contributed by atoms with Gasteiger partial charge in [0.25, 0.3) is 0 Å². The Morgan fingerprint density at radius 1 is 1.15 bits per heavy atom. The van der Waals surface area contributed by atoms with Gasteiger partial charge in [0.1, 0.15) is 17.1 Å². The predicted octanol–water partition coefficient (Wildman–Crippen LogP) is 3.95. The first-order valence-corrected chi connectivity index (χ1v) is 8.39. The first-order chi connectivity index (χ1) is 12.7. The van der Waals surface area contributed by atoms with E-state index in [4.69, 9.17) is 14.6 Å². The van der Waals surface area contributed by atoms with Gasteiger partial charge >= 0.3 is 5.97 Å². The molecule has 4 aromatic rings. The highest BCUT2D eigenvalue weighted by molar-refractivity contribution is 5.88. The van der Waals surface area contributed by atoms with Crippen LogP contribution in [-0.2, 0) is 6.42 Å². The van der Waals surface area contributed by atoms with Gasteiger partial charge in [-0.1, -0.05) is 18.2 Å². The molecule has 0 radical (unpaired) electrons. The fourth-order valence-corrected chi connectivity index (χ4v) is 3.40. The summed E-state index contributed by atoms with van der Waals surface area (Å²) in [6.07, 6.45) is 0.870. The summed E-state index contributed by atoms with van der Waals surface area (Å²) in [5.41, 5.74) is 3.84. The molecule has 0 atom stereocenters. The number of carboxylic acids is 1. The Balaban J connectivity index is 1.64. The molecule has 0 unspecified atom stereocenters. The predicted molar refractivity (Wildman–Crippen MR) is 97.9 cm³/mol. The number of rotatable bonds is 3. The molecular formula is C20H15N3O3. The Labute approximate surface area is 148 Å². The van der Waals surface area contributed by atoms with Crippen LogP contribution in [0, 0.1) is 0 Å². The Bertz CT molecular complexity index is 1110. The van der Waals surface area contributed by atoms with Crippen LogP contribution in [0.3, 0.4) is 0 Å². The Hall–Kier alpha value is -3.54. The maximum Gasteiger partial charge on any atom is 0.335 e. The molecule has 2 N–H and O–H groups in total.